The van der Waals surface area contributed by atoms with Gasteiger partial charge in [-0.15, -0.1) is 11.8 Å². The first-order valence-electron chi connectivity index (χ1n) is 11.3. The number of benzene rings is 1. The van der Waals surface area contributed by atoms with E-state index in [4.69, 9.17) is 21.3 Å². The number of pyridine rings is 2. The molecule has 0 N–H and O–H groups in total. The number of aromatic nitrogens is 4. The number of hydrogen-bond acceptors (Lipinski definition) is 6. The van der Waals surface area contributed by atoms with Crippen molar-refractivity contribution in [1.29, 1.82) is 0 Å². The average molecular weight is 510 g/mol. The van der Waals surface area contributed by atoms with Crippen molar-refractivity contribution in [3.8, 4) is 17.0 Å². The molecular formula is C26H28ClN5O2S. The summed E-state index contributed by atoms with van der Waals surface area (Å²) in [5.41, 5.74) is 4.50. The first-order chi connectivity index (χ1) is 16.8. The van der Waals surface area contributed by atoms with Crippen LogP contribution in [0.15, 0.2) is 53.8 Å². The molecule has 4 rings (SSSR count). The number of thioether (sulfide) groups is 1. The van der Waals surface area contributed by atoms with Gasteiger partial charge < -0.3 is 9.64 Å². The zero-order valence-electron chi connectivity index (χ0n) is 20.4. The Hall–Kier alpha value is -3.10. The van der Waals surface area contributed by atoms with Gasteiger partial charge in [0, 0.05) is 65.8 Å². The Morgan fingerprint density at radius 1 is 1.26 bits per heavy atom. The normalized spacial score (nSPS) is 11.3. The molecule has 0 atom stereocenters. The quantitative estimate of drug-likeness (QED) is 0.291. The molecule has 0 fully saturated rings. The molecule has 0 radical (unpaired) electrons. The third kappa shape index (κ3) is 5.44. The number of carbonyl (C=O) groups excluding carboxylic acids is 1. The third-order valence-electron chi connectivity index (χ3n) is 5.88. The Balaban J connectivity index is 1.62. The van der Waals surface area contributed by atoms with Crippen LogP contribution >= 0.6 is 23.4 Å². The fourth-order valence-corrected chi connectivity index (χ4v) is 4.93. The van der Waals surface area contributed by atoms with Gasteiger partial charge in [-0.05, 0) is 39.0 Å². The minimum Gasteiger partial charge on any atom is -0.487 e. The van der Waals surface area contributed by atoms with Crippen molar-refractivity contribution in [3.63, 3.8) is 0 Å². The van der Waals surface area contributed by atoms with Gasteiger partial charge in [-0.2, -0.15) is 5.10 Å². The summed E-state index contributed by atoms with van der Waals surface area (Å²) in [6.45, 7) is 6.17. The van der Waals surface area contributed by atoms with E-state index >= 15 is 0 Å². The smallest absolute Gasteiger partial charge is 0.232 e. The minimum absolute atomic E-state index is 0.0493. The third-order valence-corrected chi connectivity index (χ3v) is 7.26. The van der Waals surface area contributed by atoms with Crippen LogP contribution < -0.4 is 4.74 Å². The molecule has 7 nitrogen and oxygen atoms in total. The van der Waals surface area contributed by atoms with Gasteiger partial charge in [0.25, 0.3) is 0 Å². The van der Waals surface area contributed by atoms with E-state index < -0.39 is 0 Å². The molecule has 0 spiro atoms. The molecule has 4 aromatic rings. The van der Waals surface area contributed by atoms with Crippen LogP contribution in [0.3, 0.4) is 0 Å². The standard InChI is InChI=1S/C26H28ClN5O2S/c1-16(2)31(4)25(33)15-35-24-13-28-12-21(27)20(24)14-34-23-8-6-7-18-19(11-17(3)30-26(18)23)22-9-10-29-32(22)5/h6-13,16H,14-15H2,1-5H3. The summed E-state index contributed by atoms with van der Waals surface area (Å²) in [6.07, 6.45) is 5.11. The Bertz CT molecular complexity index is 1370. The van der Waals surface area contributed by atoms with Crippen molar-refractivity contribution >= 4 is 40.2 Å². The average Bonchev–Trinajstić information content (AvgIpc) is 3.26. The number of hydrogen-bond donors (Lipinski definition) is 0. The van der Waals surface area contributed by atoms with E-state index in [2.05, 4.69) is 16.1 Å². The summed E-state index contributed by atoms with van der Waals surface area (Å²) in [4.78, 5) is 24.0. The Morgan fingerprint density at radius 3 is 2.77 bits per heavy atom. The lowest BCUT2D eigenvalue weighted by Gasteiger charge is -2.21. The second-order valence-electron chi connectivity index (χ2n) is 8.58. The molecule has 0 aliphatic heterocycles. The number of rotatable bonds is 8. The maximum absolute atomic E-state index is 12.5. The van der Waals surface area contributed by atoms with Crippen LogP contribution in [0.5, 0.6) is 5.75 Å². The zero-order valence-corrected chi connectivity index (χ0v) is 22.0. The van der Waals surface area contributed by atoms with Gasteiger partial charge in [0.05, 0.1) is 16.5 Å². The van der Waals surface area contributed by atoms with E-state index in [9.17, 15) is 4.79 Å². The van der Waals surface area contributed by atoms with Gasteiger partial charge in [-0.1, -0.05) is 23.7 Å². The van der Waals surface area contributed by atoms with Crippen molar-refractivity contribution in [2.45, 2.75) is 38.3 Å². The van der Waals surface area contributed by atoms with Crippen molar-refractivity contribution in [2.75, 3.05) is 12.8 Å². The fourth-order valence-electron chi connectivity index (χ4n) is 3.70. The molecule has 0 unspecified atom stereocenters. The first-order valence-corrected chi connectivity index (χ1v) is 12.6. The number of fused-ring (bicyclic) bond motifs is 1. The van der Waals surface area contributed by atoms with Crippen LogP contribution in [0.25, 0.3) is 22.2 Å². The highest BCUT2D eigenvalue weighted by Crippen LogP contribution is 2.34. The molecule has 35 heavy (non-hydrogen) atoms. The molecule has 3 heterocycles. The molecule has 182 valence electrons. The molecule has 0 bridgehead atoms. The minimum atomic E-state index is 0.0493. The number of para-hydroxylation sites is 1. The maximum atomic E-state index is 12.5. The number of carbonyl (C=O) groups is 1. The Labute approximate surface area is 214 Å². The summed E-state index contributed by atoms with van der Waals surface area (Å²) < 4.78 is 8.12. The molecule has 0 saturated heterocycles. The first kappa shape index (κ1) is 25.0. The molecule has 3 aromatic heterocycles. The molecule has 0 aliphatic rings. The summed E-state index contributed by atoms with van der Waals surface area (Å²) >= 11 is 7.92. The predicted octanol–water partition coefficient (Wildman–Crippen LogP) is 5.53. The monoisotopic (exact) mass is 509 g/mol. The highest BCUT2D eigenvalue weighted by Gasteiger charge is 2.17. The van der Waals surface area contributed by atoms with Crippen LogP contribution in [-0.4, -0.2) is 49.4 Å². The molecule has 0 aliphatic carbocycles. The topological polar surface area (TPSA) is 73.1 Å². The van der Waals surface area contributed by atoms with E-state index in [1.54, 1.807) is 23.5 Å². The van der Waals surface area contributed by atoms with Crippen molar-refractivity contribution in [2.24, 2.45) is 7.05 Å². The van der Waals surface area contributed by atoms with Gasteiger partial charge in [-0.3, -0.25) is 14.5 Å². The second-order valence-corrected chi connectivity index (χ2v) is 10.0. The molecular weight excluding hydrogens is 482 g/mol. The number of halogens is 1. The van der Waals surface area contributed by atoms with E-state index in [1.807, 2.05) is 63.8 Å². The van der Waals surface area contributed by atoms with Gasteiger partial charge in [0.1, 0.15) is 17.9 Å². The lowest BCUT2D eigenvalue weighted by atomic mass is 10.0. The van der Waals surface area contributed by atoms with Crippen LogP contribution in [-0.2, 0) is 18.4 Å². The summed E-state index contributed by atoms with van der Waals surface area (Å²) in [6, 6.07) is 10.1. The van der Waals surface area contributed by atoms with Gasteiger partial charge >= 0.3 is 0 Å². The lowest BCUT2D eigenvalue weighted by Crippen LogP contribution is -2.34. The summed E-state index contributed by atoms with van der Waals surface area (Å²) in [7, 11) is 3.73. The van der Waals surface area contributed by atoms with Gasteiger partial charge in [0.2, 0.25) is 5.91 Å². The zero-order chi connectivity index (χ0) is 25.1. The number of nitrogens with zero attached hydrogens (tertiary/aromatic N) is 5. The Morgan fingerprint density at radius 2 is 2.06 bits per heavy atom. The summed E-state index contributed by atoms with van der Waals surface area (Å²) in [5.74, 6) is 1.01. The van der Waals surface area contributed by atoms with Crippen molar-refractivity contribution in [3.05, 3.63) is 65.2 Å². The van der Waals surface area contributed by atoms with Crippen molar-refractivity contribution < 1.29 is 9.53 Å². The largest absolute Gasteiger partial charge is 0.487 e. The highest BCUT2D eigenvalue weighted by atomic mass is 35.5. The molecule has 1 amide bonds. The van der Waals surface area contributed by atoms with Gasteiger partial charge in [-0.25, -0.2) is 4.98 Å². The Kier molecular flexibility index (Phi) is 7.62. The van der Waals surface area contributed by atoms with Crippen LogP contribution in [0.2, 0.25) is 5.02 Å². The van der Waals surface area contributed by atoms with Crippen LogP contribution in [0.4, 0.5) is 0 Å². The number of aryl methyl sites for hydroxylation is 2. The molecule has 0 saturated carbocycles. The fraction of sp³-hybridized carbons (Fsp3) is 0.308. The van der Waals surface area contributed by atoms with E-state index in [-0.39, 0.29) is 18.6 Å². The van der Waals surface area contributed by atoms with Crippen LogP contribution in [0.1, 0.15) is 25.1 Å². The predicted molar refractivity (Wildman–Crippen MR) is 141 cm³/mol. The second kappa shape index (κ2) is 10.7. The SMILES string of the molecule is Cc1cc(-c2ccnn2C)c2cccc(OCc3c(Cl)cncc3SCC(=O)N(C)C(C)C)c2n1. The molecule has 9 heteroatoms. The lowest BCUT2D eigenvalue weighted by molar-refractivity contribution is -0.128. The number of ether oxygens (including phenoxy) is 1. The van der Waals surface area contributed by atoms with Crippen molar-refractivity contribution in [1.82, 2.24) is 24.6 Å². The van der Waals surface area contributed by atoms with Gasteiger partial charge in [0.15, 0.2) is 0 Å². The van der Waals surface area contributed by atoms with E-state index in [1.165, 1.54) is 11.8 Å². The van der Waals surface area contributed by atoms with E-state index in [0.717, 1.165) is 38.3 Å². The molecule has 1 aromatic carbocycles. The van der Waals surface area contributed by atoms with Crippen LogP contribution in [0, 0.1) is 6.92 Å². The maximum Gasteiger partial charge on any atom is 0.232 e. The highest BCUT2D eigenvalue weighted by molar-refractivity contribution is 8.00. The summed E-state index contributed by atoms with van der Waals surface area (Å²) in [5, 5.41) is 5.79. The number of amides is 1. The van der Waals surface area contributed by atoms with E-state index in [0.29, 0.717) is 16.5 Å².